The SMILES string of the molecule is c1ccc(-c2c(-c3ccccc3)c3cc(-c4cccc(N(c5ccc(-c6cccc7c6sc6ccccc67)cc5)c5ccc6ccccc6c5)c4)ccc3c3ccccc23)cc1. The van der Waals surface area contributed by atoms with Crippen LogP contribution < -0.4 is 4.90 Å². The monoisotopic (exact) mass is 805 g/mol. The van der Waals surface area contributed by atoms with Crippen LogP contribution in [0, 0.1) is 0 Å². The largest absolute Gasteiger partial charge is 0.310 e. The Balaban J connectivity index is 1.02. The molecule has 0 amide bonds. The normalized spacial score (nSPS) is 11.5. The maximum Gasteiger partial charge on any atom is 0.0468 e. The molecule has 0 N–H and O–H groups in total. The van der Waals surface area contributed by atoms with Crippen LogP contribution in [0.2, 0.25) is 0 Å². The van der Waals surface area contributed by atoms with Crippen LogP contribution in [-0.4, -0.2) is 0 Å². The zero-order valence-electron chi connectivity index (χ0n) is 33.9. The Hall–Kier alpha value is -7.78. The van der Waals surface area contributed by atoms with Crippen LogP contribution in [0.5, 0.6) is 0 Å². The molecule has 0 fully saturated rings. The first kappa shape index (κ1) is 36.1. The van der Waals surface area contributed by atoms with E-state index in [-0.39, 0.29) is 0 Å². The highest BCUT2D eigenvalue weighted by Crippen LogP contribution is 2.47. The van der Waals surface area contributed by atoms with E-state index in [1.165, 1.54) is 91.4 Å². The molecule has 0 aliphatic carbocycles. The quantitative estimate of drug-likeness (QED) is 0.145. The lowest BCUT2D eigenvalue weighted by atomic mass is 9.84. The molecule has 290 valence electrons. The van der Waals surface area contributed by atoms with Crippen molar-refractivity contribution in [3.63, 3.8) is 0 Å². The smallest absolute Gasteiger partial charge is 0.0468 e. The van der Waals surface area contributed by atoms with Crippen LogP contribution in [0.1, 0.15) is 0 Å². The minimum Gasteiger partial charge on any atom is -0.310 e. The fourth-order valence-electron chi connectivity index (χ4n) is 9.53. The van der Waals surface area contributed by atoms with Gasteiger partial charge in [-0.3, -0.25) is 0 Å². The molecule has 0 unspecified atom stereocenters. The van der Waals surface area contributed by atoms with E-state index in [0.29, 0.717) is 0 Å². The highest BCUT2D eigenvalue weighted by atomic mass is 32.1. The third kappa shape index (κ3) is 6.15. The van der Waals surface area contributed by atoms with Gasteiger partial charge in [-0.1, -0.05) is 188 Å². The van der Waals surface area contributed by atoms with Crippen molar-refractivity contribution in [2.75, 3.05) is 4.90 Å². The minimum absolute atomic E-state index is 1.10. The molecule has 12 aromatic rings. The second-order valence-corrected chi connectivity index (χ2v) is 17.1. The van der Waals surface area contributed by atoms with Crippen LogP contribution >= 0.6 is 11.3 Å². The van der Waals surface area contributed by atoms with Gasteiger partial charge >= 0.3 is 0 Å². The zero-order chi connectivity index (χ0) is 41.0. The summed E-state index contributed by atoms with van der Waals surface area (Å²) >= 11 is 1.88. The Kier molecular flexibility index (Phi) is 8.76. The summed E-state index contributed by atoms with van der Waals surface area (Å²) in [7, 11) is 0. The summed E-state index contributed by atoms with van der Waals surface area (Å²) in [5, 5.41) is 10.1. The third-order valence-electron chi connectivity index (χ3n) is 12.4. The molecule has 0 aliphatic heterocycles. The van der Waals surface area contributed by atoms with Crippen molar-refractivity contribution in [2.24, 2.45) is 0 Å². The molecule has 12 rings (SSSR count). The Morgan fingerprint density at radius 2 is 0.823 bits per heavy atom. The lowest BCUT2D eigenvalue weighted by Crippen LogP contribution is -2.10. The molecule has 1 aromatic heterocycles. The van der Waals surface area contributed by atoms with Crippen molar-refractivity contribution in [1.29, 1.82) is 0 Å². The lowest BCUT2D eigenvalue weighted by Gasteiger charge is -2.27. The van der Waals surface area contributed by atoms with Gasteiger partial charge in [0.2, 0.25) is 0 Å². The van der Waals surface area contributed by atoms with Crippen LogP contribution in [0.15, 0.2) is 237 Å². The number of thiophene rings is 1. The summed E-state index contributed by atoms with van der Waals surface area (Å²) in [6.07, 6.45) is 0. The summed E-state index contributed by atoms with van der Waals surface area (Å²) in [6, 6.07) is 86.7. The number of benzene rings is 11. The van der Waals surface area contributed by atoms with E-state index >= 15 is 0 Å². The van der Waals surface area contributed by atoms with Gasteiger partial charge in [0.05, 0.1) is 0 Å². The molecule has 0 radical (unpaired) electrons. The van der Waals surface area contributed by atoms with Gasteiger partial charge in [-0.05, 0) is 125 Å². The molecule has 2 heteroatoms. The van der Waals surface area contributed by atoms with E-state index in [4.69, 9.17) is 0 Å². The standard InChI is InChI=1S/C60H39NS/c1-3-16-42(17-4-1)58-54-25-10-9-23-51(54)52-36-32-46(39-56(52)59(58)43-18-5-2-6-19-43)45-21-13-22-48(38-45)61(49-35-29-40-15-7-8-20-44(40)37-49)47-33-30-41(31-34-47)50-26-14-27-55-53-24-11-12-28-57(53)62-60(50)55/h1-39H. The average Bonchev–Trinajstić information content (AvgIpc) is 3.73. The summed E-state index contributed by atoms with van der Waals surface area (Å²) in [4.78, 5) is 2.40. The number of hydrogen-bond acceptors (Lipinski definition) is 2. The van der Waals surface area contributed by atoms with E-state index < -0.39 is 0 Å². The molecule has 1 heterocycles. The predicted octanol–water partition coefficient (Wildman–Crippen LogP) is 17.7. The van der Waals surface area contributed by atoms with E-state index in [2.05, 4.69) is 241 Å². The Bertz CT molecular complexity index is 3620. The first-order valence-corrected chi connectivity index (χ1v) is 22.1. The second kappa shape index (κ2) is 15.0. The van der Waals surface area contributed by atoms with E-state index in [1.807, 2.05) is 11.3 Å². The first-order valence-electron chi connectivity index (χ1n) is 21.2. The molecule has 0 saturated carbocycles. The second-order valence-electron chi connectivity index (χ2n) is 16.0. The van der Waals surface area contributed by atoms with Crippen molar-refractivity contribution in [3.05, 3.63) is 237 Å². The lowest BCUT2D eigenvalue weighted by molar-refractivity contribution is 1.29. The summed E-state index contributed by atoms with van der Waals surface area (Å²) in [6.45, 7) is 0. The van der Waals surface area contributed by atoms with Crippen LogP contribution in [0.4, 0.5) is 17.1 Å². The maximum atomic E-state index is 2.42. The van der Waals surface area contributed by atoms with Gasteiger partial charge in [0.15, 0.2) is 0 Å². The highest BCUT2D eigenvalue weighted by molar-refractivity contribution is 7.26. The number of hydrogen-bond donors (Lipinski definition) is 0. The molecule has 0 bridgehead atoms. The van der Waals surface area contributed by atoms with Gasteiger partial charge in [-0.2, -0.15) is 0 Å². The first-order chi connectivity index (χ1) is 30.7. The van der Waals surface area contributed by atoms with Crippen molar-refractivity contribution in [2.45, 2.75) is 0 Å². The van der Waals surface area contributed by atoms with Crippen molar-refractivity contribution in [1.82, 2.24) is 0 Å². The Morgan fingerprint density at radius 1 is 0.274 bits per heavy atom. The maximum absolute atomic E-state index is 2.42. The van der Waals surface area contributed by atoms with Crippen molar-refractivity contribution >= 4 is 80.9 Å². The van der Waals surface area contributed by atoms with Crippen molar-refractivity contribution in [3.8, 4) is 44.5 Å². The third-order valence-corrected chi connectivity index (χ3v) is 13.6. The molecule has 0 aliphatic rings. The zero-order valence-corrected chi connectivity index (χ0v) is 34.7. The van der Waals surface area contributed by atoms with Gasteiger partial charge in [-0.15, -0.1) is 11.3 Å². The van der Waals surface area contributed by atoms with E-state index in [0.717, 1.165) is 22.6 Å². The van der Waals surface area contributed by atoms with E-state index in [9.17, 15) is 0 Å². The fraction of sp³-hybridized carbons (Fsp3) is 0. The van der Waals surface area contributed by atoms with Gasteiger partial charge in [0, 0.05) is 37.2 Å². The Labute approximate surface area is 365 Å². The van der Waals surface area contributed by atoms with Crippen LogP contribution in [-0.2, 0) is 0 Å². The van der Waals surface area contributed by atoms with Gasteiger partial charge in [0.25, 0.3) is 0 Å². The highest BCUT2D eigenvalue weighted by Gasteiger charge is 2.20. The molecule has 0 saturated heterocycles. The van der Waals surface area contributed by atoms with Crippen molar-refractivity contribution < 1.29 is 0 Å². The molecule has 62 heavy (non-hydrogen) atoms. The number of fused-ring (bicyclic) bond motifs is 7. The summed E-state index contributed by atoms with van der Waals surface area (Å²) in [5.74, 6) is 0. The number of rotatable bonds is 7. The topological polar surface area (TPSA) is 3.24 Å². The average molecular weight is 806 g/mol. The Morgan fingerprint density at radius 3 is 1.61 bits per heavy atom. The minimum atomic E-state index is 1.10. The van der Waals surface area contributed by atoms with Crippen LogP contribution in [0.25, 0.3) is 97.0 Å². The number of anilines is 3. The molecule has 0 spiro atoms. The molecular formula is C60H39NS. The van der Waals surface area contributed by atoms with Gasteiger partial charge < -0.3 is 4.90 Å². The van der Waals surface area contributed by atoms with Gasteiger partial charge in [0.1, 0.15) is 0 Å². The summed E-state index contributed by atoms with van der Waals surface area (Å²) < 4.78 is 2.65. The van der Waals surface area contributed by atoms with Crippen LogP contribution in [0.3, 0.4) is 0 Å². The predicted molar refractivity (Wildman–Crippen MR) is 268 cm³/mol. The number of nitrogens with zero attached hydrogens (tertiary/aromatic N) is 1. The summed E-state index contributed by atoms with van der Waals surface area (Å²) in [5.41, 5.74) is 13.1. The molecule has 1 nitrogen and oxygen atoms in total. The molecular weight excluding hydrogens is 767 g/mol. The molecule has 0 atom stereocenters. The fourth-order valence-corrected chi connectivity index (χ4v) is 10.8. The van der Waals surface area contributed by atoms with E-state index in [1.54, 1.807) is 0 Å². The molecule has 11 aromatic carbocycles. The van der Waals surface area contributed by atoms with Gasteiger partial charge in [-0.25, -0.2) is 0 Å².